The zero-order valence-corrected chi connectivity index (χ0v) is 9.52. The van der Waals surface area contributed by atoms with Gasteiger partial charge in [0.1, 0.15) is 22.7 Å². The molecule has 3 rings (SSSR count). The summed E-state index contributed by atoms with van der Waals surface area (Å²) in [6.07, 6.45) is 1.47. The first-order valence-electron chi connectivity index (χ1n) is 4.98. The zero-order chi connectivity index (χ0) is 11.7. The van der Waals surface area contributed by atoms with Crippen molar-refractivity contribution in [2.24, 2.45) is 0 Å². The summed E-state index contributed by atoms with van der Waals surface area (Å²) in [4.78, 5) is 9.12. The summed E-state index contributed by atoms with van der Waals surface area (Å²) in [5.74, 6) is 1.22. The average molecular weight is 244 g/mol. The molecule has 0 fully saturated rings. The van der Waals surface area contributed by atoms with Crippen LogP contribution < -0.4 is 4.74 Å². The van der Waals surface area contributed by atoms with Crippen molar-refractivity contribution >= 4 is 21.6 Å². The Labute approximate surface area is 101 Å². The normalized spacial score (nSPS) is 10.6. The second-order valence-electron chi connectivity index (χ2n) is 3.42. The van der Waals surface area contributed by atoms with Crippen molar-refractivity contribution in [2.75, 3.05) is 0 Å². The topological polar surface area (TPSA) is 55.2 Å². The molecule has 0 unspecified atom stereocenters. The third-order valence-corrected chi connectivity index (χ3v) is 3.08. The second-order valence-corrected chi connectivity index (χ2v) is 4.31. The fourth-order valence-electron chi connectivity index (χ4n) is 1.51. The van der Waals surface area contributed by atoms with E-state index < -0.39 is 0 Å². The number of rotatable bonds is 2. The summed E-state index contributed by atoms with van der Waals surface area (Å²) in [6.45, 7) is 0. The Morgan fingerprint density at radius 3 is 3.00 bits per heavy atom. The Balaban J connectivity index is 2.02. The van der Waals surface area contributed by atoms with Gasteiger partial charge in [-0.2, -0.15) is 0 Å². The van der Waals surface area contributed by atoms with E-state index in [4.69, 9.17) is 4.74 Å². The molecule has 2 aromatic heterocycles. The van der Waals surface area contributed by atoms with Crippen LogP contribution in [-0.4, -0.2) is 15.1 Å². The van der Waals surface area contributed by atoms with Gasteiger partial charge in [-0.05, 0) is 23.6 Å². The molecule has 0 aliphatic rings. The smallest absolute Gasteiger partial charge is 0.231 e. The molecular weight excluding hydrogens is 236 g/mol. The molecule has 0 atom stereocenters. The SMILES string of the molecule is Oc1cccc(Oc2ncnc3sccc23)c1. The number of phenols is 1. The van der Waals surface area contributed by atoms with E-state index in [0.29, 0.717) is 11.6 Å². The fourth-order valence-corrected chi connectivity index (χ4v) is 2.23. The minimum absolute atomic E-state index is 0.165. The maximum atomic E-state index is 9.35. The third kappa shape index (κ3) is 1.92. The number of phenolic OH excluding ortho intramolecular Hbond substituents is 1. The van der Waals surface area contributed by atoms with Crippen LogP contribution in [0.25, 0.3) is 10.2 Å². The molecule has 17 heavy (non-hydrogen) atoms. The summed E-state index contributed by atoms with van der Waals surface area (Å²) in [5.41, 5.74) is 0. The van der Waals surface area contributed by atoms with Gasteiger partial charge in [0.2, 0.25) is 5.88 Å². The summed E-state index contributed by atoms with van der Waals surface area (Å²) >= 11 is 1.53. The first-order chi connectivity index (χ1) is 8.33. The summed E-state index contributed by atoms with van der Waals surface area (Å²) in [5, 5.41) is 12.2. The van der Waals surface area contributed by atoms with Crippen LogP contribution in [0.3, 0.4) is 0 Å². The van der Waals surface area contributed by atoms with Crippen molar-refractivity contribution in [3.63, 3.8) is 0 Å². The van der Waals surface area contributed by atoms with E-state index in [0.717, 1.165) is 10.2 Å². The van der Waals surface area contributed by atoms with Crippen LogP contribution >= 0.6 is 11.3 Å². The van der Waals surface area contributed by atoms with Crippen molar-refractivity contribution < 1.29 is 9.84 Å². The van der Waals surface area contributed by atoms with E-state index in [1.807, 2.05) is 11.4 Å². The number of aromatic nitrogens is 2. The number of hydrogen-bond acceptors (Lipinski definition) is 5. The molecule has 5 heteroatoms. The number of aromatic hydroxyl groups is 1. The van der Waals surface area contributed by atoms with Crippen LogP contribution in [0.4, 0.5) is 0 Å². The molecule has 0 amide bonds. The lowest BCUT2D eigenvalue weighted by Gasteiger charge is -2.05. The molecule has 0 aliphatic carbocycles. The number of thiophene rings is 1. The van der Waals surface area contributed by atoms with Crippen LogP contribution in [0.1, 0.15) is 0 Å². The van der Waals surface area contributed by atoms with Gasteiger partial charge in [-0.1, -0.05) is 6.07 Å². The van der Waals surface area contributed by atoms with Gasteiger partial charge in [0.25, 0.3) is 0 Å². The van der Waals surface area contributed by atoms with Gasteiger partial charge >= 0.3 is 0 Å². The van der Waals surface area contributed by atoms with Gasteiger partial charge in [0.05, 0.1) is 5.39 Å². The quantitative estimate of drug-likeness (QED) is 0.752. The van der Waals surface area contributed by atoms with Gasteiger partial charge in [0.15, 0.2) is 0 Å². The number of ether oxygens (including phenoxy) is 1. The standard InChI is InChI=1S/C12H8N2O2S/c15-8-2-1-3-9(6-8)16-11-10-4-5-17-12(10)14-7-13-11/h1-7,15H. The molecule has 3 aromatic rings. The molecule has 0 saturated heterocycles. The van der Waals surface area contributed by atoms with Gasteiger partial charge in [-0.15, -0.1) is 11.3 Å². The Bertz CT molecular complexity index is 666. The van der Waals surface area contributed by atoms with Crippen LogP contribution in [0, 0.1) is 0 Å². The van der Waals surface area contributed by atoms with Gasteiger partial charge in [-0.25, -0.2) is 9.97 Å². The molecule has 1 aromatic carbocycles. The number of nitrogens with zero attached hydrogens (tertiary/aromatic N) is 2. The van der Waals surface area contributed by atoms with E-state index in [9.17, 15) is 5.11 Å². The first kappa shape index (κ1) is 10.0. The van der Waals surface area contributed by atoms with Gasteiger partial charge < -0.3 is 9.84 Å². The van der Waals surface area contributed by atoms with Gasteiger partial charge in [-0.3, -0.25) is 0 Å². The average Bonchev–Trinajstić information content (AvgIpc) is 2.78. The van der Waals surface area contributed by atoms with E-state index >= 15 is 0 Å². The number of hydrogen-bond donors (Lipinski definition) is 1. The lowest BCUT2D eigenvalue weighted by molar-refractivity contribution is 0.448. The van der Waals surface area contributed by atoms with Crippen molar-refractivity contribution in [2.45, 2.75) is 0 Å². The molecule has 2 heterocycles. The molecule has 0 spiro atoms. The monoisotopic (exact) mass is 244 g/mol. The highest BCUT2D eigenvalue weighted by atomic mass is 32.1. The minimum atomic E-state index is 0.165. The first-order valence-corrected chi connectivity index (χ1v) is 5.86. The van der Waals surface area contributed by atoms with Gasteiger partial charge in [0, 0.05) is 6.07 Å². The maximum absolute atomic E-state index is 9.35. The molecule has 0 aliphatic heterocycles. The van der Waals surface area contributed by atoms with E-state index in [1.54, 1.807) is 24.3 Å². The highest BCUT2D eigenvalue weighted by molar-refractivity contribution is 7.16. The summed E-state index contributed by atoms with van der Waals surface area (Å²) in [6, 6.07) is 8.53. The lowest BCUT2D eigenvalue weighted by Crippen LogP contribution is -1.88. The Kier molecular flexibility index (Phi) is 2.38. The second kappa shape index (κ2) is 4.03. The van der Waals surface area contributed by atoms with Crippen molar-refractivity contribution in [1.29, 1.82) is 0 Å². The highest BCUT2D eigenvalue weighted by Gasteiger charge is 2.07. The van der Waals surface area contributed by atoms with E-state index in [1.165, 1.54) is 17.7 Å². The molecular formula is C12H8N2O2S. The molecule has 84 valence electrons. The fraction of sp³-hybridized carbons (Fsp3) is 0. The van der Waals surface area contributed by atoms with Crippen LogP contribution in [0.5, 0.6) is 17.4 Å². The summed E-state index contributed by atoms with van der Waals surface area (Å²) in [7, 11) is 0. The van der Waals surface area contributed by atoms with E-state index in [-0.39, 0.29) is 5.75 Å². The molecule has 0 radical (unpaired) electrons. The number of benzene rings is 1. The van der Waals surface area contributed by atoms with Crippen molar-refractivity contribution in [3.05, 3.63) is 42.0 Å². The van der Waals surface area contributed by atoms with Crippen LogP contribution in [-0.2, 0) is 0 Å². The maximum Gasteiger partial charge on any atom is 0.231 e. The van der Waals surface area contributed by atoms with Crippen LogP contribution in [0.2, 0.25) is 0 Å². The van der Waals surface area contributed by atoms with Crippen molar-refractivity contribution in [3.8, 4) is 17.4 Å². The van der Waals surface area contributed by atoms with E-state index in [2.05, 4.69) is 9.97 Å². The molecule has 1 N–H and O–H groups in total. The Hall–Kier alpha value is -2.14. The number of fused-ring (bicyclic) bond motifs is 1. The Morgan fingerprint density at radius 1 is 1.18 bits per heavy atom. The van der Waals surface area contributed by atoms with Crippen molar-refractivity contribution in [1.82, 2.24) is 9.97 Å². The highest BCUT2D eigenvalue weighted by Crippen LogP contribution is 2.30. The predicted molar refractivity (Wildman–Crippen MR) is 65.6 cm³/mol. The third-order valence-electron chi connectivity index (χ3n) is 2.26. The largest absolute Gasteiger partial charge is 0.508 e. The molecule has 4 nitrogen and oxygen atoms in total. The lowest BCUT2D eigenvalue weighted by atomic mass is 10.3. The zero-order valence-electron chi connectivity index (χ0n) is 8.70. The van der Waals surface area contributed by atoms with Crippen LogP contribution in [0.15, 0.2) is 42.0 Å². The predicted octanol–water partition coefficient (Wildman–Crippen LogP) is 3.19. The molecule has 0 saturated carbocycles. The molecule has 0 bridgehead atoms. The minimum Gasteiger partial charge on any atom is -0.508 e. The Morgan fingerprint density at radius 2 is 2.12 bits per heavy atom. The summed E-state index contributed by atoms with van der Waals surface area (Å²) < 4.78 is 5.63.